The van der Waals surface area contributed by atoms with E-state index >= 15 is 0 Å². The Morgan fingerprint density at radius 3 is 3.00 bits per heavy atom. The van der Waals surface area contributed by atoms with E-state index < -0.39 is 5.72 Å². The average Bonchev–Trinajstić information content (AvgIpc) is 3.28. The molecule has 2 atom stereocenters. The van der Waals surface area contributed by atoms with Crippen molar-refractivity contribution < 1.29 is 14.3 Å². The van der Waals surface area contributed by atoms with Crippen LogP contribution in [0.3, 0.4) is 0 Å². The second kappa shape index (κ2) is 6.08. The molecule has 28 heavy (non-hydrogen) atoms. The Bertz CT molecular complexity index is 1040. The van der Waals surface area contributed by atoms with Crippen LogP contribution < -0.4 is 0 Å². The first-order chi connectivity index (χ1) is 13.6. The number of carbonyl (C=O) groups excluding carboxylic acids is 2. The third-order valence-electron chi connectivity index (χ3n) is 6.57. The number of hydrogen-bond donors (Lipinski definition) is 0. The molecule has 4 heterocycles. The Morgan fingerprint density at radius 2 is 2.18 bits per heavy atom. The molecule has 0 unspecified atom stereocenters. The Labute approximate surface area is 163 Å². The quantitative estimate of drug-likeness (QED) is 0.798. The van der Waals surface area contributed by atoms with Crippen molar-refractivity contribution >= 4 is 22.7 Å². The lowest BCUT2D eigenvalue weighted by Gasteiger charge is -2.42. The summed E-state index contributed by atoms with van der Waals surface area (Å²) in [5.74, 6) is 0.0515. The molecule has 3 fully saturated rings. The van der Waals surface area contributed by atoms with Crippen molar-refractivity contribution in [1.29, 1.82) is 5.26 Å². The number of hydrogen-bond acceptors (Lipinski definition) is 4. The summed E-state index contributed by atoms with van der Waals surface area (Å²) in [6, 6.07) is 9.71. The molecule has 3 aliphatic heterocycles. The summed E-state index contributed by atoms with van der Waals surface area (Å²) in [4.78, 5) is 29.4. The van der Waals surface area contributed by atoms with Crippen molar-refractivity contribution in [3.05, 3.63) is 35.5 Å². The van der Waals surface area contributed by atoms with E-state index in [1.54, 1.807) is 0 Å². The first kappa shape index (κ1) is 17.3. The lowest BCUT2D eigenvalue weighted by molar-refractivity contribution is -0.181. The molecule has 0 radical (unpaired) electrons. The molecule has 3 aliphatic rings. The molecule has 144 valence electrons. The van der Waals surface area contributed by atoms with Crippen LogP contribution in [-0.4, -0.2) is 57.6 Å². The second-order valence-corrected chi connectivity index (χ2v) is 7.82. The van der Waals surface area contributed by atoms with Gasteiger partial charge in [-0.15, -0.1) is 0 Å². The van der Waals surface area contributed by atoms with E-state index in [1.807, 2.05) is 45.6 Å². The number of likely N-dealkylation sites (tertiary alicyclic amines) is 1. The molecule has 1 aromatic heterocycles. The molecule has 0 saturated carbocycles. The molecule has 7 nitrogen and oxygen atoms in total. The monoisotopic (exact) mass is 378 g/mol. The number of nitrogens with zero attached hydrogens (tertiary/aromatic N) is 4. The van der Waals surface area contributed by atoms with Gasteiger partial charge in [0.15, 0.2) is 5.72 Å². The molecule has 0 N–H and O–H groups in total. The molecular weight excluding hydrogens is 356 g/mol. The maximum atomic E-state index is 13.3. The minimum absolute atomic E-state index is 0.0287. The molecular formula is C21H22N4O3. The summed E-state index contributed by atoms with van der Waals surface area (Å²) in [6.45, 7) is 3.98. The van der Waals surface area contributed by atoms with Gasteiger partial charge in [-0.2, -0.15) is 5.26 Å². The smallest absolute Gasteiger partial charge is 0.242 e. The SMILES string of the molecule is Cc1c(C#N)c2ccccc2n1CC(=O)N1CC[C@@]23OCCCN2C(=O)C[C@@H]13. The van der Waals surface area contributed by atoms with Gasteiger partial charge in [0, 0.05) is 30.6 Å². The van der Waals surface area contributed by atoms with Crippen molar-refractivity contribution in [3.8, 4) is 6.07 Å². The minimum atomic E-state index is -0.628. The van der Waals surface area contributed by atoms with Crippen LogP contribution in [0.5, 0.6) is 0 Å². The number of carbonyl (C=O) groups is 2. The normalized spacial score (nSPS) is 26.4. The van der Waals surface area contributed by atoms with E-state index in [0.29, 0.717) is 38.1 Å². The molecule has 7 heteroatoms. The van der Waals surface area contributed by atoms with Crippen LogP contribution >= 0.6 is 0 Å². The van der Waals surface area contributed by atoms with Crippen molar-refractivity contribution in [1.82, 2.24) is 14.4 Å². The molecule has 2 aromatic rings. The maximum absolute atomic E-state index is 13.3. The van der Waals surface area contributed by atoms with E-state index in [4.69, 9.17) is 4.74 Å². The second-order valence-electron chi connectivity index (χ2n) is 7.82. The van der Waals surface area contributed by atoms with E-state index in [9.17, 15) is 14.9 Å². The first-order valence-corrected chi connectivity index (χ1v) is 9.78. The van der Waals surface area contributed by atoms with Crippen LogP contribution in [-0.2, 0) is 20.9 Å². The number of ether oxygens (including phenoxy) is 1. The third kappa shape index (κ3) is 2.18. The third-order valence-corrected chi connectivity index (χ3v) is 6.57. The summed E-state index contributed by atoms with van der Waals surface area (Å²) >= 11 is 0. The fourth-order valence-corrected chi connectivity index (χ4v) is 5.25. The average molecular weight is 378 g/mol. The van der Waals surface area contributed by atoms with Crippen LogP contribution in [0.15, 0.2) is 24.3 Å². The minimum Gasteiger partial charge on any atom is -0.353 e. The van der Waals surface area contributed by atoms with Crippen molar-refractivity contribution in [2.45, 2.75) is 44.5 Å². The standard InChI is InChI=1S/C21H22N4O3/c1-14-16(12-22)15-5-2-3-6-17(15)24(14)13-20(27)23-9-7-21-18(23)11-19(26)25(21)8-4-10-28-21/h2-3,5-6,18H,4,7-11,13H2,1H3/t18-,21+/m1/s1. The van der Waals surface area contributed by atoms with Gasteiger partial charge in [-0.1, -0.05) is 18.2 Å². The van der Waals surface area contributed by atoms with Crippen LogP contribution in [0.25, 0.3) is 10.9 Å². The number of fused-ring (bicyclic) bond motifs is 1. The van der Waals surface area contributed by atoms with Crippen LogP contribution in [0, 0.1) is 18.3 Å². The molecule has 3 saturated heterocycles. The summed E-state index contributed by atoms with van der Waals surface area (Å²) in [5, 5.41) is 10.4. The van der Waals surface area contributed by atoms with Gasteiger partial charge in [0.1, 0.15) is 12.6 Å². The zero-order chi connectivity index (χ0) is 19.5. The molecule has 5 rings (SSSR count). The van der Waals surface area contributed by atoms with Gasteiger partial charge < -0.3 is 19.1 Å². The van der Waals surface area contributed by atoms with Gasteiger partial charge in [0.05, 0.1) is 30.1 Å². The predicted molar refractivity (Wildman–Crippen MR) is 101 cm³/mol. The van der Waals surface area contributed by atoms with Crippen molar-refractivity contribution in [2.75, 3.05) is 19.7 Å². The lowest BCUT2D eigenvalue weighted by Crippen LogP contribution is -2.56. The van der Waals surface area contributed by atoms with Crippen molar-refractivity contribution in [2.24, 2.45) is 0 Å². The zero-order valence-electron chi connectivity index (χ0n) is 15.9. The molecule has 0 aliphatic carbocycles. The Hall–Kier alpha value is -2.85. The van der Waals surface area contributed by atoms with Gasteiger partial charge in [-0.3, -0.25) is 9.59 Å². The van der Waals surface area contributed by atoms with Crippen molar-refractivity contribution in [3.63, 3.8) is 0 Å². The summed E-state index contributed by atoms with van der Waals surface area (Å²) in [7, 11) is 0. The molecule has 2 amide bonds. The zero-order valence-corrected chi connectivity index (χ0v) is 15.9. The van der Waals surface area contributed by atoms with E-state index in [1.165, 1.54) is 0 Å². The first-order valence-electron chi connectivity index (χ1n) is 9.78. The number of nitriles is 1. The maximum Gasteiger partial charge on any atom is 0.242 e. The number of aromatic nitrogens is 1. The molecule has 1 spiro atoms. The number of rotatable bonds is 2. The van der Waals surface area contributed by atoms with Gasteiger partial charge in [-0.25, -0.2) is 0 Å². The van der Waals surface area contributed by atoms with Gasteiger partial charge in [-0.05, 0) is 19.4 Å². The number of amides is 2. The van der Waals surface area contributed by atoms with Crippen LogP contribution in [0.2, 0.25) is 0 Å². The highest BCUT2D eigenvalue weighted by molar-refractivity contribution is 5.90. The van der Waals surface area contributed by atoms with E-state index in [-0.39, 0.29) is 24.4 Å². The van der Waals surface area contributed by atoms with E-state index in [2.05, 4.69) is 6.07 Å². The van der Waals surface area contributed by atoms with Gasteiger partial charge >= 0.3 is 0 Å². The topological polar surface area (TPSA) is 78.6 Å². The Morgan fingerprint density at radius 1 is 1.36 bits per heavy atom. The summed E-state index contributed by atoms with van der Waals surface area (Å²) in [6.07, 6.45) is 1.85. The highest BCUT2D eigenvalue weighted by Gasteiger charge is 2.61. The molecule has 1 aromatic carbocycles. The van der Waals surface area contributed by atoms with Gasteiger partial charge in [0.25, 0.3) is 0 Å². The predicted octanol–water partition coefficient (Wildman–Crippen LogP) is 1.77. The lowest BCUT2D eigenvalue weighted by atomic mass is 10.0. The number of para-hydroxylation sites is 1. The highest BCUT2D eigenvalue weighted by Crippen LogP contribution is 2.45. The van der Waals surface area contributed by atoms with Crippen LogP contribution in [0.4, 0.5) is 0 Å². The van der Waals surface area contributed by atoms with E-state index in [0.717, 1.165) is 23.0 Å². The largest absolute Gasteiger partial charge is 0.353 e. The summed E-state index contributed by atoms with van der Waals surface area (Å²) < 4.78 is 8.01. The Kier molecular flexibility index (Phi) is 3.75. The highest BCUT2D eigenvalue weighted by atomic mass is 16.5. The molecule has 0 bridgehead atoms. The summed E-state index contributed by atoms with van der Waals surface area (Å²) in [5.41, 5.74) is 1.66. The van der Waals surface area contributed by atoms with Gasteiger partial charge in [0.2, 0.25) is 11.8 Å². The fraction of sp³-hybridized carbons (Fsp3) is 0.476. The van der Waals surface area contributed by atoms with Crippen LogP contribution in [0.1, 0.15) is 30.5 Å². The Balaban J connectivity index is 1.46. The number of benzene rings is 1. The fourth-order valence-electron chi connectivity index (χ4n) is 5.25.